The molecule has 1 fully saturated rings. The average molecular weight is 424 g/mol. The Morgan fingerprint density at radius 3 is 2.52 bits per heavy atom. The fourth-order valence-electron chi connectivity index (χ4n) is 3.77. The molecule has 1 heterocycles. The Bertz CT molecular complexity index is 987. The van der Waals surface area contributed by atoms with Crippen LogP contribution in [0.1, 0.15) is 37.0 Å². The van der Waals surface area contributed by atoms with Crippen LogP contribution >= 0.6 is 0 Å². The first-order valence-corrected chi connectivity index (χ1v) is 10.4. The summed E-state index contributed by atoms with van der Waals surface area (Å²) in [6.07, 6.45) is 1.80. The smallest absolute Gasteiger partial charge is 0.325 e. The number of benzene rings is 2. The quantitative estimate of drug-likeness (QED) is 0.637. The number of aryl methyl sites for hydroxylation is 3. The maximum Gasteiger partial charge on any atom is 0.325 e. The highest BCUT2D eigenvalue weighted by Crippen LogP contribution is 2.25. The van der Waals surface area contributed by atoms with E-state index in [1.165, 1.54) is 0 Å². The molecule has 7 heteroatoms. The van der Waals surface area contributed by atoms with Crippen molar-refractivity contribution in [2.24, 2.45) is 0 Å². The normalized spacial score (nSPS) is 18.1. The van der Waals surface area contributed by atoms with Crippen molar-refractivity contribution < 1.29 is 19.1 Å². The predicted molar refractivity (Wildman–Crippen MR) is 119 cm³/mol. The molecule has 164 valence electrons. The van der Waals surface area contributed by atoms with Crippen molar-refractivity contribution in [2.75, 3.05) is 19.0 Å². The molecule has 0 spiro atoms. The van der Waals surface area contributed by atoms with Gasteiger partial charge in [-0.1, -0.05) is 37.3 Å². The van der Waals surface area contributed by atoms with Gasteiger partial charge < -0.3 is 15.4 Å². The lowest BCUT2D eigenvalue weighted by atomic mass is 9.93. The zero-order valence-electron chi connectivity index (χ0n) is 18.5. The monoisotopic (exact) mass is 423 g/mol. The summed E-state index contributed by atoms with van der Waals surface area (Å²) < 4.78 is 5.16. The Labute approximate surface area is 182 Å². The molecule has 2 aromatic rings. The van der Waals surface area contributed by atoms with E-state index in [0.29, 0.717) is 12.8 Å². The highest BCUT2D eigenvalue weighted by molar-refractivity contribution is 6.10. The van der Waals surface area contributed by atoms with Crippen LogP contribution < -0.4 is 15.4 Å². The molecule has 1 aliphatic rings. The van der Waals surface area contributed by atoms with Gasteiger partial charge in [0.15, 0.2) is 0 Å². The third-order valence-corrected chi connectivity index (χ3v) is 5.72. The van der Waals surface area contributed by atoms with Crippen molar-refractivity contribution in [3.8, 4) is 5.75 Å². The second kappa shape index (κ2) is 9.20. The number of rotatable bonds is 8. The maximum absolute atomic E-state index is 13.0. The van der Waals surface area contributed by atoms with Gasteiger partial charge in [-0.15, -0.1) is 0 Å². The number of nitrogens with one attached hydrogen (secondary N) is 2. The molecule has 0 aliphatic carbocycles. The predicted octanol–water partition coefficient (Wildman–Crippen LogP) is 3.45. The Hall–Kier alpha value is -3.35. The van der Waals surface area contributed by atoms with E-state index in [1.54, 1.807) is 14.0 Å². The van der Waals surface area contributed by atoms with Gasteiger partial charge in [-0.25, -0.2) is 4.79 Å². The Morgan fingerprint density at radius 1 is 1.16 bits per heavy atom. The van der Waals surface area contributed by atoms with Crippen LogP contribution in [0.15, 0.2) is 42.5 Å². The minimum Gasteiger partial charge on any atom is -0.497 e. The summed E-state index contributed by atoms with van der Waals surface area (Å²) in [5.41, 5.74) is 2.68. The van der Waals surface area contributed by atoms with Crippen molar-refractivity contribution >= 4 is 23.5 Å². The summed E-state index contributed by atoms with van der Waals surface area (Å²) in [5.74, 6) is -0.0224. The number of urea groups is 1. The number of anilines is 1. The topological polar surface area (TPSA) is 87.7 Å². The molecule has 0 aromatic heterocycles. The molecular weight excluding hydrogens is 394 g/mol. The number of carbonyl (C=O) groups is 3. The number of amides is 4. The van der Waals surface area contributed by atoms with Crippen LogP contribution in [0.5, 0.6) is 5.75 Å². The molecule has 2 aromatic carbocycles. The highest BCUT2D eigenvalue weighted by Gasteiger charge is 2.47. The van der Waals surface area contributed by atoms with Gasteiger partial charge in [0.2, 0.25) is 5.91 Å². The van der Waals surface area contributed by atoms with Gasteiger partial charge in [0.05, 0.1) is 7.11 Å². The molecule has 2 N–H and O–H groups in total. The Balaban J connectivity index is 1.64. The van der Waals surface area contributed by atoms with Gasteiger partial charge in [0.25, 0.3) is 5.91 Å². The van der Waals surface area contributed by atoms with Crippen LogP contribution in [0.3, 0.4) is 0 Å². The van der Waals surface area contributed by atoms with Gasteiger partial charge in [0, 0.05) is 5.69 Å². The third-order valence-electron chi connectivity index (χ3n) is 5.72. The minimum atomic E-state index is -1.05. The van der Waals surface area contributed by atoms with Crippen molar-refractivity contribution in [1.29, 1.82) is 0 Å². The lowest BCUT2D eigenvalue weighted by Gasteiger charge is -2.22. The molecule has 0 radical (unpaired) electrons. The molecule has 7 nitrogen and oxygen atoms in total. The van der Waals surface area contributed by atoms with E-state index in [4.69, 9.17) is 4.74 Å². The van der Waals surface area contributed by atoms with Crippen LogP contribution in [0.2, 0.25) is 0 Å². The van der Waals surface area contributed by atoms with Crippen LogP contribution in [-0.2, 0) is 22.4 Å². The third kappa shape index (κ3) is 4.87. The largest absolute Gasteiger partial charge is 0.497 e. The van der Waals surface area contributed by atoms with Gasteiger partial charge >= 0.3 is 6.03 Å². The van der Waals surface area contributed by atoms with Crippen LogP contribution in [0.25, 0.3) is 0 Å². The standard InChI is InChI=1S/C24H29N3O4/c1-5-18-8-6-7-16(2)21(18)25-20(28)15-27-22(29)24(3,26-23(27)30)14-13-17-9-11-19(31-4)12-10-17/h6-12H,5,13-15H2,1-4H3,(H,25,28)(H,26,30)/t24-/m0/s1. The SMILES string of the molecule is CCc1cccc(C)c1NC(=O)CN1C(=O)N[C@@](C)(CCc2ccc(OC)cc2)C1=O. The van der Waals surface area contributed by atoms with E-state index in [0.717, 1.165) is 39.4 Å². The van der Waals surface area contributed by atoms with E-state index >= 15 is 0 Å². The maximum atomic E-state index is 13.0. The average Bonchev–Trinajstić information content (AvgIpc) is 2.97. The van der Waals surface area contributed by atoms with Crippen molar-refractivity contribution in [2.45, 2.75) is 45.6 Å². The van der Waals surface area contributed by atoms with E-state index in [1.807, 2.05) is 56.3 Å². The van der Waals surface area contributed by atoms with Crippen LogP contribution in [0.4, 0.5) is 10.5 Å². The molecule has 1 saturated heterocycles. The fraction of sp³-hybridized carbons (Fsp3) is 0.375. The lowest BCUT2D eigenvalue weighted by Crippen LogP contribution is -2.45. The van der Waals surface area contributed by atoms with Crippen molar-refractivity contribution in [1.82, 2.24) is 10.2 Å². The van der Waals surface area contributed by atoms with Gasteiger partial charge in [-0.3, -0.25) is 14.5 Å². The summed E-state index contributed by atoms with van der Waals surface area (Å²) in [6.45, 7) is 5.31. The number of carbonyl (C=O) groups excluding carboxylic acids is 3. The number of methoxy groups -OCH3 is 1. The second-order valence-corrected chi connectivity index (χ2v) is 8.01. The molecule has 31 heavy (non-hydrogen) atoms. The van der Waals surface area contributed by atoms with Crippen LogP contribution in [0, 0.1) is 6.92 Å². The zero-order chi connectivity index (χ0) is 22.6. The highest BCUT2D eigenvalue weighted by atomic mass is 16.5. The molecule has 4 amide bonds. The first-order chi connectivity index (χ1) is 14.8. The number of hydrogen-bond acceptors (Lipinski definition) is 4. The zero-order valence-corrected chi connectivity index (χ0v) is 18.5. The number of hydrogen-bond donors (Lipinski definition) is 2. The first kappa shape index (κ1) is 22.3. The molecule has 0 unspecified atom stereocenters. The van der Waals surface area contributed by atoms with Gasteiger partial charge in [-0.05, 0) is 61.9 Å². The number of para-hydroxylation sites is 1. The van der Waals surface area contributed by atoms with E-state index in [-0.39, 0.29) is 12.5 Å². The summed E-state index contributed by atoms with van der Waals surface area (Å²) >= 11 is 0. The number of ether oxygens (including phenoxy) is 1. The molecule has 1 atom stereocenters. The summed E-state index contributed by atoms with van der Waals surface area (Å²) in [6, 6.07) is 12.8. The molecule has 1 aliphatic heterocycles. The van der Waals surface area contributed by atoms with E-state index < -0.39 is 17.5 Å². The fourth-order valence-corrected chi connectivity index (χ4v) is 3.77. The first-order valence-electron chi connectivity index (χ1n) is 10.4. The van der Waals surface area contributed by atoms with Crippen molar-refractivity contribution in [3.63, 3.8) is 0 Å². The van der Waals surface area contributed by atoms with Crippen LogP contribution in [-0.4, -0.2) is 41.9 Å². The second-order valence-electron chi connectivity index (χ2n) is 8.01. The number of imide groups is 1. The summed E-state index contributed by atoms with van der Waals surface area (Å²) in [7, 11) is 1.61. The van der Waals surface area contributed by atoms with Gasteiger partial charge in [-0.2, -0.15) is 0 Å². The molecular formula is C24H29N3O4. The molecule has 0 saturated carbocycles. The van der Waals surface area contributed by atoms with Crippen molar-refractivity contribution in [3.05, 3.63) is 59.2 Å². The molecule has 3 rings (SSSR count). The summed E-state index contributed by atoms with van der Waals surface area (Å²) in [5, 5.41) is 5.63. The Kier molecular flexibility index (Phi) is 6.63. The number of nitrogens with zero attached hydrogens (tertiary/aromatic N) is 1. The lowest BCUT2D eigenvalue weighted by molar-refractivity contribution is -0.133. The molecule has 0 bridgehead atoms. The Morgan fingerprint density at radius 2 is 1.87 bits per heavy atom. The van der Waals surface area contributed by atoms with Gasteiger partial charge in [0.1, 0.15) is 17.8 Å². The summed E-state index contributed by atoms with van der Waals surface area (Å²) in [4.78, 5) is 39.1. The van der Waals surface area contributed by atoms with E-state index in [2.05, 4.69) is 10.6 Å². The van der Waals surface area contributed by atoms with E-state index in [9.17, 15) is 14.4 Å². The minimum absolute atomic E-state index is 0.319.